The van der Waals surface area contributed by atoms with Gasteiger partial charge in [-0.15, -0.1) is 0 Å². The molecule has 2 aliphatic rings. The standard InChI is InChI=1S/C16H32N2O/c1-5-10-17-14-8-6-7-9-15(14)18-11-13(2)19-16(3,4)12-18/h13-15,17H,5-12H2,1-4H3. The highest BCUT2D eigenvalue weighted by molar-refractivity contribution is 4.93. The van der Waals surface area contributed by atoms with E-state index >= 15 is 0 Å². The summed E-state index contributed by atoms with van der Waals surface area (Å²) >= 11 is 0. The first-order chi connectivity index (χ1) is 9.02. The minimum Gasteiger partial charge on any atom is -0.370 e. The van der Waals surface area contributed by atoms with Crippen molar-refractivity contribution in [1.82, 2.24) is 10.2 Å². The molecule has 3 atom stereocenters. The van der Waals surface area contributed by atoms with E-state index in [2.05, 4.69) is 37.9 Å². The molecular weight excluding hydrogens is 236 g/mol. The smallest absolute Gasteiger partial charge is 0.0757 e. The van der Waals surface area contributed by atoms with Gasteiger partial charge < -0.3 is 10.1 Å². The lowest BCUT2D eigenvalue weighted by atomic mass is 9.87. The third-order valence-corrected chi connectivity index (χ3v) is 4.45. The fourth-order valence-electron chi connectivity index (χ4n) is 3.87. The number of nitrogens with one attached hydrogen (secondary N) is 1. The molecule has 1 aliphatic heterocycles. The third-order valence-electron chi connectivity index (χ3n) is 4.45. The molecule has 0 radical (unpaired) electrons. The second-order valence-corrected chi connectivity index (χ2v) is 7.03. The summed E-state index contributed by atoms with van der Waals surface area (Å²) in [5.74, 6) is 0. The van der Waals surface area contributed by atoms with Crippen molar-refractivity contribution in [2.24, 2.45) is 0 Å². The van der Waals surface area contributed by atoms with Crippen LogP contribution in [0.2, 0.25) is 0 Å². The van der Waals surface area contributed by atoms with Crippen LogP contribution in [0.3, 0.4) is 0 Å². The van der Waals surface area contributed by atoms with E-state index in [0.717, 1.165) is 19.6 Å². The molecule has 0 aromatic heterocycles. The fraction of sp³-hybridized carbons (Fsp3) is 1.00. The Bertz CT molecular complexity index is 280. The zero-order valence-electron chi connectivity index (χ0n) is 13.2. The fourth-order valence-corrected chi connectivity index (χ4v) is 3.87. The normalized spacial score (nSPS) is 36.3. The molecule has 1 heterocycles. The number of hydrogen-bond donors (Lipinski definition) is 1. The molecule has 3 heteroatoms. The maximum atomic E-state index is 6.05. The van der Waals surface area contributed by atoms with Gasteiger partial charge in [-0.1, -0.05) is 19.8 Å². The van der Waals surface area contributed by atoms with Crippen LogP contribution in [0.15, 0.2) is 0 Å². The van der Waals surface area contributed by atoms with E-state index in [4.69, 9.17) is 4.74 Å². The van der Waals surface area contributed by atoms with E-state index in [1.807, 2.05) is 0 Å². The van der Waals surface area contributed by atoms with Crippen molar-refractivity contribution in [2.45, 2.75) is 83.6 Å². The van der Waals surface area contributed by atoms with Crippen LogP contribution in [0.25, 0.3) is 0 Å². The lowest BCUT2D eigenvalue weighted by Crippen LogP contribution is -2.60. The summed E-state index contributed by atoms with van der Waals surface area (Å²) in [6.07, 6.45) is 7.06. The Hall–Kier alpha value is -0.120. The van der Waals surface area contributed by atoms with Crippen LogP contribution in [0, 0.1) is 0 Å². The molecule has 0 aromatic rings. The SMILES string of the molecule is CCCNC1CCCCC1N1CC(C)OC(C)(C)C1. The Morgan fingerprint density at radius 3 is 2.68 bits per heavy atom. The molecule has 0 spiro atoms. The minimum atomic E-state index is 0.00439. The van der Waals surface area contributed by atoms with E-state index in [1.54, 1.807) is 0 Å². The Morgan fingerprint density at radius 2 is 2.00 bits per heavy atom. The molecule has 1 N–H and O–H groups in total. The minimum absolute atomic E-state index is 0.00439. The summed E-state index contributed by atoms with van der Waals surface area (Å²) in [6.45, 7) is 12.3. The quantitative estimate of drug-likeness (QED) is 0.848. The predicted molar refractivity (Wildman–Crippen MR) is 80.5 cm³/mol. The van der Waals surface area contributed by atoms with Crippen molar-refractivity contribution in [3.63, 3.8) is 0 Å². The maximum Gasteiger partial charge on any atom is 0.0757 e. The number of ether oxygens (including phenoxy) is 1. The summed E-state index contributed by atoms with van der Waals surface area (Å²) < 4.78 is 6.05. The molecule has 1 aliphatic carbocycles. The monoisotopic (exact) mass is 268 g/mol. The average molecular weight is 268 g/mol. The van der Waals surface area contributed by atoms with Crippen molar-refractivity contribution in [1.29, 1.82) is 0 Å². The van der Waals surface area contributed by atoms with Gasteiger partial charge in [0.25, 0.3) is 0 Å². The molecule has 0 amide bonds. The lowest BCUT2D eigenvalue weighted by molar-refractivity contribution is -0.142. The number of hydrogen-bond acceptors (Lipinski definition) is 3. The molecule has 2 fully saturated rings. The van der Waals surface area contributed by atoms with E-state index in [1.165, 1.54) is 32.1 Å². The third kappa shape index (κ3) is 4.17. The second-order valence-electron chi connectivity index (χ2n) is 7.03. The predicted octanol–water partition coefficient (Wildman–Crippen LogP) is 2.80. The van der Waals surface area contributed by atoms with Crippen LogP contribution in [-0.4, -0.2) is 48.3 Å². The van der Waals surface area contributed by atoms with E-state index < -0.39 is 0 Å². The largest absolute Gasteiger partial charge is 0.370 e. The average Bonchev–Trinajstić information content (AvgIpc) is 2.34. The highest BCUT2D eigenvalue weighted by Gasteiger charge is 2.38. The first kappa shape index (κ1) is 15.3. The van der Waals surface area contributed by atoms with Crippen molar-refractivity contribution >= 4 is 0 Å². The van der Waals surface area contributed by atoms with Gasteiger partial charge in [-0.2, -0.15) is 0 Å². The number of morpholine rings is 1. The molecule has 1 saturated carbocycles. The van der Waals surface area contributed by atoms with Gasteiger partial charge in [0.1, 0.15) is 0 Å². The van der Waals surface area contributed by atoms with Gasteiger partial charge in [0.15, 0.2) is 0 Å². The van der Waals surface area contributed by atoms with E-state index in [9.17, 15) is 0 Å². The summed E-state index contributed by atoms with van der Waals surface area (Å²) in [4.78, 5) is 2.70. The van der Waals surface area contributed by atoms with Crippen molar-refractivity contribution in [3.8, 4) is 0 Å². The second kappa shape index (κ2) is 6.55. The highest BCUT2D eigenvalue weighted by Crippen LogP contribution is 2.29. The number of rotatable bonds is 4. The highest BCUT2D eigenvalue weighted by atomic mass is 16.5. The lowest BCUT2D eigenvalue weighted by Gasteiger charge is -2.48. The van der Waals surface area contributed by atoms with Crippen LogP contribution >= 0.6 is 0 Å². The van der Waals surface area contributed by atoms with Gasteiger partial charge in [0, 0.05) is 25.2 Å². The van der Waals surface area contributed by atoms with Crippen LogP contribution in [0.1, 0.15) is 59.8 Å². The molecule has 112 valence electrons. The molecule has 3 unspecified atom stereocenters. The zero-order valence-corrected chi connectivity index (χ0v) is 13.2. The van der Waals surface area contributed by atoms with Gasteiger partial charge in [0.2, 0.25) is 0 Å². The molecule has 2 rings (SSSR count). The van der Waals surface area contributed by atoms with Gasteiger partial charge in [-0.3, -0.25) is 4.90 Å². The summed E-state index contributed by atoms with van der Waals surface area (Å²) in [5.41, 5.74) is 0.00439. The summed E-state index contributed by atoms with van der Waals surface area (Å²) in [6, 6.07) is 1.40. The Morgan fingerprint density at radius 1 is 1.26 bits per heavy atom. The Balaban J connectivity index is 2.00. The number of nitrogens with zero attached hydrogens (tertiary/aromatic N) is 1. The van der Waals surface area contributed by atoms with Crippen LogP contribution in [0.4, 0.5) is 0 Å². The van der Waals surface area contributed by atoms with Crippen molar-refractivity contribution in [3.05, 3.63) is 0 Å². The maximum absolute atomic E-state index is 6.05. The Labute approximate surface area is 119 Å². The van der Waals surface area contributed by atoms with Crippen LogP contribution < -0.4 is 5.32 Å². The topological polar surface area (TPSA) is 24.5 Å². The molecule has 0 aromatic carbocycles. The van der Waals surface area contributed by atoms with Crippen molar-refractivity contribution < 1.29 is 4.74 Å². The van der Waals surface area contributed by atoms with E-state index in [0.29, 0.717) is 18.2 Å². The molecule has 19 heavy (non-hydrogen) atoms. The molecule has 3 nitrogen and oxygen atoms in total. The summed E-state index contributed by atoms with van der Waals surface area (Å²) in [7, 11) is 0. The summed E-state index contributed by atoms with van der Waals surface area (Å²) in [5, 5.41) is 3.78. The van der Waals surface area contributed by atoms with Gasteiger partial charge in [-0.25, -0.2) is 0 Å². The van der Waals surface area contributed by atoms with Gasteiger partial charge >= 0.3 is 0 Å². The first-order valence-corrected chi connectivity index (χ1v) is 8.17. The van der Waals surface area contributed by atoms with Crippen LogP contribution in [-0.2, 0) is 4.74 Å². The van der Waals surface area contributed by atoms with Gasteiger partial charge in [0.05, 0.1) is 11.7 Å². The molecule has 0 bridgehead atoms. The van der Waals surface area contributed by atoms with Gasteiger partial charge in [-0.05, 0) is 46.6 Å². The molecule has 1 saturated heterocycles. The molecular formula is C16H32N2O. The zero-order chi connectivity index (χ0) is 13.9. The van der Waals surface area contributed by atoms with Crippen molar-refractivity contribution in [2.75, 3.05) is 19.6 Å². The van der Waals surface area contributed by atoms with E-state index in [-0.39, 0.29) is 5.60 Å². The first-order valence-electron chi connectivity index (χ1n) is 8.17. The van der Waals surface area contributed by atoms with Crippen LogP contribution in [0.5, 0.6) is 0 Å². The Kier molecular flexibility index (Phi) is 5.27.